The van der Waals surface area contributed by atoms with Gasteiger partial charge in [-0.05, 0) is 49.2 Å². The van der Waals surface area contributed by atoms with Crippen LogP contribution in [-0.4, -0.2) is 23.3 Å². The van der Waals surface area contributed by atoms with Crippen LogP contribution in [0.2, 0.25) is 5.02 Å². The van der Waals surface area contributed by atoms with Crippen molar-refractivity contribution in [1.82, 2.24) is 4.98 Å². The van der Waals surface area contributed by atoms with Gasteiger partial charge in [0.2, 0.25) is 5.91 Å². The molecule has 0 aliphatic rings. The first-order chi connectivity index (χ1) is 13.0. The van der Waals surface area contributed by atoms with Crippen LogP contribution in [0.3, 0.4) is 0 Å². The number of halogens is 1. The molecule has 3 aromatic rings. The van der Waals surface area contributed by atoms with Gasteiger partial charge in [0.15, 0.2) is 0 Å². The normalized spacial score (nSPS) is 12.0. The van der Waals surface area contributed by atoms with Crippen molar-refractivity contribution < 1.29 is 9.53 Å². The molecule has 140 valence electrons. The second kappa shape index (κ2) is 8.63. The van der Waals surface area contributed by atoms with Crippen LogP contribution in [0.1, 0.15) is 18.9 Å². The molecule has 2 aromatic carbocycles. The Balaban J connectivity index is 1.76. The number of carbonyl (C=O) groups is 1. The zero-order chi connectivity index (χ0) is 19.4. The molecule has 0 fully saturated rings. The lowest BCUT2D eigenvalue weighted by Crippen LogP contribution is -2.24. The quantitative estimate of drug-likeness (QED) is 0.538. The highest BCUT2D eigenvalue weighted by Gasteiger charge is 2.20. The van der Waals surface area contributed by atoms with E-state index in [1.165, 1.54) is 11.8 Å². The second-order valence-electron chi connectivity index (χ2n) is 6.15. The Kier molecular flexibility index (Phi) is 6.24. The van der Waals surface area contributed by atoms with Crippen LogP contribution >= 0.6 is 23.4 Å². The standard InChI is InChI=1S/C21H21ClN2O2S/c1-4-19(21(25)23-14-9-10-18(26-3)16(22)12-14)27-20-11-13(2)15-7-5-6-8-17(15)24-20/h5-12,19H,4H2,1-3H3,(H,23,25). The van der Waals surface area contributed by atoms with Gasteiger partial charge < -0.3 is 10.1 Å². The van der Waals surface area contributed by atoms with Crippen molar-refractivity contribution in [3.63, 3.8) is 0 Å². The van der Waals surface area contributed by atoms with Crippen molar-refractivity contribution in [3.05, 3.63) is 59.1 Å². The third-order valence-corrected chi connectivity index (χ3v) is 5.82. The van der Waals surface area contributed by atoms with Crippen molar-refractivity contribution in [3.8, 4) is 5.75 Å². The minimum atomic E-state index is -0.251. The first kappa shape index (κ1) is 19.5. The number of carbonyl (C=O) groups excluding carboxylic acids is 1. The smallest absolute Gasteiger partial charge is 0.237 e. The highest BCUT2D eigenvalue weighted by molar-refractivity contribution is 8.00. The molecule has 0 aliphatic carbocycles. The minimum Gasteiger partial charge on any atom is -0.495 e. The molecule has 4 nitrogen and oxygen atoms in total. The van der Waals surface area contributed by atoms with Gasteiger partial charge in [-0.15, -0.1) is 0 Å². The first-order valence-corrected chi connectivity index (χ1v) is 9.95. The Bertz CT molecular complexity index is 978. The van der Waals surface area contributed by atoms with Gasteiger partial charge in [-0.1, -0.05) is 48.5 Å². The van der Waals surface area contributed by atoms with E-state index >= 15 is 0 Å². The van der Waals surface area contributed by atoms with Gasteiger partial charge in [-0.25, -0.2) is 4.98 Å². The molecule has 6 heteroatoms. The molecular formula is C21H21ClN2O2S. The number of methoxy groups -OCH3 is 1. The Hall–Kier alpha value is -2.24. The lowest BCUT2D eigenvalue weighted by Gasteiger charge is -2.15. The average Bonchev–Trinajstić information content (AvgIpc) is 2.66. The van der Waals surface area contributed by atoms with E-state index in [4.69, 9.17) is 21.3 Å². The number of thioether (sulfide) groups is 1. The number of aromatic nitrogens is 1. The molecule has 0 aliphatic heterocycles. The number of hydrogen-bond donors (Lipinski definition) is 1. The molecule has 1 atom stereocenters. The van der Waals surface area contributed by atoms with Crippen LogP contribution in [-0.2, 0) is 4.79 Å². The van der Waals surface area contributed by atoms with Crippen LogP contribution < -0.4 is 10.1 Å². The number of ether oxygens (including phenoxy) is 1. The van der Waals surface area contributed by atoms with Gasteiger partial charge in [0, 0.05) is 11.1 Å². The molecule has 1 aromatic heterocycles. The van der Waals surface area contributed by atoms with E-state index in [0.717, 1.165) is 21.5 Å². The Morgan fingerprint density at radius 1 is 1.26 bits per heavy atom. The molecule has 0 spiro atoms. The largest absolute Gasteiger partial charge is 0.495 e. The number of nitrogens with one attached hydrogen (secondary N) is 1. The number of amides is 1. The number of nitrogens with zero attached hydrogens (tertiary/aromatic N) is 1. The fourth-order valence-corrected chi connectivity index (χ4v) is 4.09. The number of benzene rings is 2. The molecule has 0 saturated carbocycles. The summed E-state index contributed by atoms with van der Waals surface area (Å²) in [4.78, 5) is 17.4. The third-order valence-electron chi connectivity index (χ3n) is 4.25. The highest BCUT2D eigenvalue weighted by atomic mass is 35.5. The van der Waals surface area contributed by atoms with Crippen molar-refractivity contribution >= 4 is 45.9 Å². The predicted molar refractivity (Wildman–Crippen MR) is 113 cm³/mol. The number of rotatable bonds is 6. The molecular weight excluding hydrogens is 380 g/mol. The van der Waals surface area contributed by atoms with Crippen LogP contribution in [0.5, 0.6) is 5.75 Å². The molecule has 3 rings (SSSR count). The summed E-state index contributed by atoms with van der Waals surface area (Å²) in [5, 5.41) is 5.12. The van der Waals surface area contributed by atoms with Gasteiger partial charge in [-0.3, -0.25) is 4.79 Å². The SMILES string of the molecule is CCC(Sc1cc(C)c2ccccc2n1)C(=O)Nc1ccc(OC)c(Cl)c1. The second-order valence-corrected chi connectivity index (χ2v) is 7.78. The fourth-order valence-electron chi connectivity index (χ4n) is 2.81. The molecule has 1 heterocycles. The van der Waals surface area contributed by atoms with Gasteiger partial charge in [0.1, 0.15) is 5.75 Å². The Morgan fingerprint density at radius 2 is 2.04 bits per heavy atom. The topological polar surface area (TPSA) is 51.2 Å². The van der Waals surface area contributed by atoms with Crippen LogP contribution in [0.25, 0.3) is 10.9 Å². The van der Waals surface area contributed by atoms with E-state index in [9.17, 15) is 4.79 Å². The summed E-state index contributed by atoms with van der Waals surface area (Å²) in [7, 11) is 1.56. The third kappa shape index (κ3) is 4.54. The van der Waals surface area contributed by atoms with E-state index in [0.29, 0.717) is 22.9 Å². The van der Waals surface area contributed by atoms with E-state index in [1.54, 1.807) is 25.3 Å². The zero-order valence-corrected chi connectivity index (χ0v) is 17.0. The molecule has 0 saturated heterocycles. The zero-order valence-electron chi connectivity index (χ0n) is 15.5. The van der Waals surface area contributed by atoms with E-state index in [2.05, 4.69) is 18.3 Å². The number of fused-ring (bicyclic) bond motifs is 1. The lowest BCUT2D eigenvalue weighted by molar-refractivity contribution is -0.115. The number of anilines is 1. The summed E-state index contributed by atoms with van der Waals surface area (Å²) >= 11 is 7.61. The predicted octanol–water partition coefficient (Wildman–Crippen LogP) is 5.71. The summed E-state index contributed by atoms with van der Waals surface area (Å²) < 4.78 is 5.14. The maximum atomic E-state index is 12.7. The van der Waals surface area contributed by atoms with E-state index < -0.39 is 0 Å². The van der Waals surface area contributed by atoms with Crippen LogP contribution in [0, 0.1) is 6.92 Å². The van der Waals surface area contributed by atoms with Crippen LogP contribution in [0.4, 0.5) is 5.69 Å². The lowest BCUT2D eigenvalue weighted by atomic mass is 10.1. The number of hydrogen-bond acceptors (Lipinski definition) is 4. The summed E-state index contributed by atoms with van der Waals surface area (Å²) in [5.41, 5.74) is 2.74. The minimum absolute atomic E-state index is 0.0728. The molecule has 1 unspecified atom stereocenters. The monoisotopic (exact) mass is 400 g/mol. The Morgan fingerprint density at radius 3 is 2.74 bits per heavy atom. The fraction of sp³-hybridized carbons (Fsp3) is 0.238. The summed E-state index contributed by atoms with van der Waals surface area (Å²) in [6.07, 6.45) is 0.688. The van der Waals surface area contributed by atoms with Crippen molar-refractivity contribution in [2.75, 3.05) is 12.4 Å². The molecule has 27 heavy (non-hydrogen) atoms. The average molecular weight is 401 g/mol. The van der Waals surface area contributed by atoms with Crippen LogP contribution in [0.15, 0.2) is 53.6 Å². The number of pyridine rings is 1. The van der Waals surface area contributed by atoms with Gasteiger partial charge in [0.25, 0.3) is 0 Å². The summed E-state index contributed by atoms with van der Waals surface area (Å²) in [6, 6.07) is 15.3. The molecule has 0 bridgehead atoms. The van der Waals surface area contributed by atoms with E-state index in [1.807, 2.05) is 31.2 Å². The highest BCUT2D eigenvalue weighted by Crippen LogP contribution is 2.30. The maximum absolute atomic E-state index is 12.7. The summed E-state index contributed by atoms with van der Waals surface area (Å²) in [6.45, 7) is 4.06. The molecule has 1 amide bonds. The summed E-state index contributed by atoms with van der Waals surface area (Å²) in [5.74, 6) is 0.503. The van der Waals surface area contributed by atoms with E-state index in [-0.39, 0.29) is 11.2 Å². The van der Waals surface area contributed by atoms with Crippen molar-refractivity contribution in [2.24, 2.45) is 0 Å². The molecule has 1 N–H and O–H groups in total. The van der Waals surface area contributed by atoms with Gasteiger partial charge in [0.05, 0.1) is 27.9 Å². The maximum Gasteiger partial charge on any atom is 0.237 e. The molecule has 0 radical (unpaired) electrons. The number of aryl methyl sites for hydroxylation is 1. The van der Waals surface area contributed by atoms with Gasteiger partial charge in [-0.2, -0.15) is 0 Å². The van der Waals surface area contributed by atoms with Crippen molar-refractivity contribution in [2.45, 2.75) is 30.5 Å². The Labute approximate surface area is 168 Å². The van der Waals surface area contributed by atoms with Crippen molar-refractivity contribution in [1.29, 1.82) is 0 Å². The van der Waals surface area contributed by atoms with Gasteiger partial charge >= 0.3 is 0 Å². The number of para-hydroxylation sites is 1. The first-order valence-electron chi connectivity index (χ1n) is 8.69.